The fraction of sp³-hybridized carbons (Fsp3) is 0.500. The van der Waals surface area contributed by atoms with Crippen LogP contribution in [0.15, 0.2) is 34.1 Å². The normalized spacial score (nSPS) is 11.9. The van der Waals surface area contributed by atoms with Gasteiger partial charge in [0.15, 0.2) is 5.76 Å². The number of hydrogen-bond acceptors (Lipinski definition) is 6. The predicted molar refractivity (Wildman–Crippen MR) is 75.9 cm³/mol. The summed E-state index contributed by atoms with van der Waals surface area (Å²) < 4.78 is 33.1. The van der Waals surface area contributed by atoms with Crippen LogP contribution in [0, 0.1) is 0 Å². The second-order valence-electron chi connectivity index (χ2n) is 4.45. The first-order valence-electron chi connectivity index (χ1n) is 6.74. The molecule has 116 valence electrons. The molecule has 2 aromatic heterocycles. The number of hydrogen-bond donors (Lipinski definition) is 2. The molecule has 0 aliphatic heterocycles. The Kier molecular flexibility index (Phi) is 5.48. The summed E-state index contributed by atoms with van der Waals surface area (Å²) in [5, 5.41) is 10.8. The molecule has 2 rings (SSSR count). The molecule has 0 radical (unpaired) electrons. The predicted octanol–water partition coefficient (Wildman–Crippen LogP) is 0.349. The second kappa shape index (κ2) is 7.34. The lowest BCUT2D eigenvalue weighted by Gasteiger charge is -2.03. The van der Waals surface area contributed by atoms with Crippen molar-refractivity contribution in [3.8, 4) is 0 Å². The Balaban J connectivity index is 1.89. The maximum absolute atomic E-state index is 12.1. The molecule has 2 heterocycles. The quantitative estimate of drug-likeness (QED) is 0.648. The molecule has 2 aromatic rings. The first kappa shape index (κ1) is 15.7. The lowest BCUT2D eigenvalue weighted by molar-refractivity contribution is 0.380. The maximum atomic E-state index is 12.1. The van der Waals surface area contributed by atoms with Gasteiger partial charge in [0.25, 0.3) is 0 Å². The molecule has 0 aliphatic rings. The minimum Gasteiger partial charge on any atom is -0.360 e. The minimum absolute atomic E-state index is 0.0634. The lowest BCUT2D eigenvalue weighted by Crippen LogP contribution is -2.22. The van der Waals surface area contributed by atoms with Gasteiger partial charge in [0.2, 0.25) is 10.0 Å². The van der Waals surface area contributed by atoms with Gasteiger partial charge in [-0.05, 0) is 19.5 Å². The van der Waals surface area contributed by atoms with E-state index in [1.54, 1.807) is 10.7 Å². The molecule has 2 N–H and O–H groups in total. The van der Waals surface area contributed by atoms with Crippen molar-refractivity contribution in [2.24, 2.45) is 0 Å². The number of sulfonamides is 1. The summed E-state index contributed by atoms with van der Waals surface area (Å²) >= 11 is 0. The highest BCUT2D eigenvalue weighted by molar-refractivity contribution is 7.89. The summed E-state index contributed by atoms with van der Waals surface area (Å²) in [6.07, 6.45) is 5.22. The van der Waals surface area contributed by atoms with Gasteiger partial charge in [-0.1, -0.05) is 12.1 Å². The van der Waals surface area contributed by atoms with Gasteiger partial charge in [0, 0.05) is 18.8 Å². The van der Waals surface area contributed by atoms with E-state index in [0.29, 0.717) is 12.3 Å². The van der Waals surface area contributed by atoms with Crippen molar-refractivity contribution in [1.29, 1.82) is 0 Å². The maximum Gasteiger partial charge on any atom is 0.244 e. The largest absolute Gasteiger partial charge is 0.360 e. The second-order valence-corrected chi connectivity index (χ2v) is 6.22. The van der Waals surface area contributed by atoms with Crippen molar-refractivity contribution in [1.82, 2.24) is 25.0 Å². The van der Waals surface area contributed by atoms with E-state index in [2.05, 4.69) is 20.3 Å². The third-order valence-electron chi connectivity index (χ3n) is 2.84. The summed E-state index contributed by atoms with van der Waals surface area (Å²) in [4.78, 5) is 0.144. The van der Waals surface area contributed by atoms with E-state index < -0.39 is 10.0 Å². The molecule has 0 saturated carbocycles. The van der Waals surface area contributed by atoms with E-state index in [4.69, 9.17) is 4.52 Å². The molecule has 0 spiro atoms. The number of nitrogens with one attached hydrogen (secondary N) is 2. The molecule has 0 fully saturated rings. The van der Waals surface area contributed by atoms with Crippen LogP contribution in [0.2, 0.25) is 0 Å². The molecule has 0 atom stereocenters. The van der Waals surface area contributed by atoms with Crippen LogP contribution in [-0.4, -0.2) is 36.4 Å². The van der Waals surface area contributed by atoms with Gasteiger partial charge in [-0.15, -0.1) is 0 Å². The monoisotopic (exact) mass is 313 g/mol. The van der Waals surface area contributed by atoms with E-state index in [1.165, 1.54) is 18.6 Å². The van der Waals surface area contributed by atoms with Gasteiger partial charge >= 0.3 is 0 Å². The smallest absolute Gasteiger partial charge is 0.244 e. The highest BCUT2D eigenvalue weighted by Crippen LogP contribution is 2.08. The van der Waals surface area contributed by atoms with Crippen molar-refractivity contribution in [2.45, 2.75) is 31.3 Å². The van der Waals surface area contributed by atoms with Crippen molar-refractivity contribution in [3.63, 3.8) is 0 Å². The van der Waals surface area contributed by atoms with Crippen molar-refractivity contribution < 1.29 is 12.9 Å². The number of nitrogens with zero attached hydrogens (tertiary/aromatic N) is 3. The van der Waals surface area contributed by atoms with Gasteiger partial charge < -0.3 is 9.84 Å². The van der Waals surface area contributed by atoms with E-state index in [-0.39, 0.29) is 11.4 Å². The molecule has 8 nitrogen and oxygen atoms in total. The van der Waals surface area contributed by atoms with Crippen LogP contribution in [0.25, 0.3) is 0 Å². The summed E-state index contributed by atoms with van der Waals surface area (Å²) in [7, 11) is -3.59. The van der Waals surface area contributed by atoms with E-state index in [0.717, 1.165) is 19.5 Å². The van der Waals surface area contributed by atoms with Gasteiger partial charge in [0.05, 0.1) is 18.9 Å². The molecule has 0 saturated heterocycles. The van der Waals surface area contributed by atoms with E-state index in [1.807, 2.05) is 6.92 Å². The number of aromatic nitrogens is 3. The van der Waals surface area contributed by atoms with E-state index >= 15 is 0 Å². The van der Waals surface area contributed by atoms with Crippen LogP contribution < -0.4 is 10.0 Å². The molecule has 0 amide bonds. The molecule has 0 aliphatic carbocycles. The Hall–Kier alpha value is -1.71. The lowest BCUT2D eigenvalue weighted by atomic mass is 10.4. The van der Waals surface area contributed by atoms with Crippen molar-refractivity contribution in [2.75, 3.05) is 13.1 Å². The molecular weight excluding hydrogens is 294 g/mol. The SMILES string of the molecule is CCNCCCn1cc(S(=O)(=O)NCc2ccno2)cn1. The zero-order chi connectivity index (χ0) is 15.1. The van der Waals surface area contributed by atoms with Gasteiger partial charge in [0.1, 0.15) is 4.90 Å². The highest BCUT2D eigenvalue weighted by Gasteiger charge is 2.16. The first-order valence-corrected chi connectivity index (χ1v) is 8.22. The molecule has 0 bridgehead atoms. The summed E-state index contributed by atoms with van der Waals surface area (Å²) in [5.41, 5.74) is 0. The van der Waals surface area contributed by atoms with Crippen molar-refractivity contribution in [3.05, 3.63) is 30.4 Å². The molecule has 0 aromatic carbocycles. The Morgan fingerprint density at radius 1 is 1.43 bits per heavy atom. The zero-order valence-corrected chi connectivity index (χ0v) is 12.6. The third kappa shape index (κ3) is 4.66. The number of aryl methyl sites for hydroxylation is 1. The van der Waals surface area contributed by atoms with Gasteiger partial charge in [-0.3, -0.25) is 4.68 Å². The minimum atomic E-state index is -3.59. The van der Waals surface area contributed by atoms with Crippen molar-refractivity contribution >= 4 is 10.0 Å². The highest BCUT2D eigenvalue weighted by atomic mass is 32.2. The molecule has 0 unspecified atom stereocenters. The summed E-state index contributed by atoms with van der Waals surface area (Å²) in [5.74, 6) is 0.455. The van der Waals surface area contributed by atoms with Crippen LogP contribution in [0.1, 0.15) is 19.1 Å². The van der Waals surface area contributed by atoms with Crippen LogP contribution in [0.5, 0.6) is 0 Å². The average molecular weight is 313 g/mol. The van der Waals surface area contributed by atoms with Gasteiger partial charge in [-0.25, -0.2) is 13.1 Å². The first-order chi connectivity index (χ1) is 10.1. The third-order valence-corrected chi connectivity index (χ3v) is 4.19. The summed E-state index contributed by atoms with van der Waals surface area (Å²) in [6.45, 7) is 4.57. The van der Waals surface area contributed by atoms with Crippen LogP contribution >= 0.6 is 0 Å². The van der Waals surface area contributed by atoms with Crippen LogP contribution in [0.3, 0.4) is 0 Å². The molecule has 21 heavy (non-hydrogen) atoms. The Labute approximate surface area is 123 Å². The van der Waals surface area contributed by atoms with Crippen LogP contribution in [-0.2, 0) is 23.1 Å². The summed E-state index contributed by atoms with van der Waals surface area (Å²) in [6, 6.07) is 1.60. The standard InChI is InChI=1S/C12H19N5O3S/c1-2-13-5-3-7-17-10-12(9-14-17)21(18,19)16-8-11-4-6-15-20-11/h4,6,9-10,13,16H,2-3,5,7-8H2,1H3. The Bertz CT molecular complexity index is 636. The zero-order valence-electron chi connectivity index (χ0n) is 11.8. The van der Waals surface area contributed by atoms with E-state index in [9.17, 15) is 8.42 Å². The Morgan fingerprint density at radius 2 is 2.29 bits per heavy atom. The fourth-order valence-corrected chi connectivity index (χ4v) is 2.68. The van der Waals surface area contributed by atoms with Crippen LogP contribution in [0.4, 0.5) is 0 Å². The average Bonchev–Trinajstić information content (AvgIpc) is 3.13. The fourth-order valence-electron chi connectivity index (χ4n) is 1.73. The topological polar surface area (TPSA) is 102 Å². The van der Waals surface area contributed by atoms with Gasteiger partial charge in [-0.2, -0.15) is 5.10 Å². The molecular formula is C12H19N5O3S. The Morgan fingerprint density at radius 3 is 3.00 bits per heavy atom. The number of rotatable bonds is 9. The molecule has 9 heteroatoms.